The van der Waals surface area contributed by atoms with E-state index in [9.17, 15) is 8.78 Å². The summed E-state index contributed by atoms with van der Waals surface area (Å²) in [6, 6.07) is 0. The van der Waals surface area contributed by atoms with E-state index in [2.05, 4.69) is 4.74 Å². The highest BCUT2D eigenvalue weighted by Crippen LogP contribution is 2.28. The lowest BCUT2D eigenvalue weighted by Crippen LogP contribution is -2.25. The maximum atomic E-state index is 11.7. The number of halogens is 3. The average molecular weight is 181 g/mol. The predicted octanol–water partition coefficient (Wildman–Crippen LogP) is 2.68. The van der Waals surface area contributed by atoms with Crippen molar-refractivity contribution in [1.82, 2.24) is 0 Å². The summed E-state index contributed by atoms with van der Waals surface area (Å²) in [7, 11) is 0. The van der Waals surface area contributed by atoms with Crippen LogP contribution in [0.3, 0.4) is 0 Å². The molecule has 1 nitrogen and oxygen atoms in total. The van der Waals surface area contributed by atoms with Gasteiger partial charge in [-0.2, -0.15) is 8.78 Å². The maximum Gasteiger partial charge on any atom is 0.347 e. The summed E-state index contributed by atoms with van der Waals surface area (Å²) >= 11 is 5.63. The van der Waals surface area contributed by atoms with Gasteiger partial charge >= 0.3 is 6.61 Å². The van der Waals surface area contributed by atoms with Gasteiger partial charge in [0.1, 0.15) is 0 Å². The van der Waals surface area contributed by atoms with Crippen LogP contribution in [0.4, 0.5) is 8.78 Å². The molecule has 0 aromatic carbocycles. The first-order valence-electron chi connectivity index (χ1n) is 3.12. The molecule has 0 aromatic heterocycles. The Labute approximate surface area is 68.3 Å². The predicted molar refractivity (Wildman–Crippen MR) is 38.6 cm³/mol. The van der Waals surface area contributed by atoms with Gasteiger partial charge in [0.05, 0.1) is 0 Å². The molecule has 0 saturated heterocycles. The molecular formula is C7H7ClF2O. The quantitative estimate of drug-likeness (QED) is 0.594. The molecule has 0 aliphatic heterocycles. The van der Waals surface area contributed by atoms with Gasteiger partial charge in [-0.25, -0.2) is 0 Å². The number of rotatable bonds is 2. The van der Waals surface area contributed by atoms with E-state index in [1.54, 1.807) is 18.2 Å². The lowest BCUT2D eigenvalue weighted by atomic mass is 10.1. The Morgan fingerprint density at radius 3 is 2.64 bits per heavy atom. The second-order valence-corrected chi connectivity index (χ2v) is 2.80. The van der Waals surface area contributed by atoms with E-state index in [0.29, 0.717) is 0 Å². The van der Waals surface area contributed by atoms with Gasteiger partial charge in [-0.15, -0.1) is 0 Å². The lowest BCUT2D eigenvalue weighted by molar-refractivity contribution is -0.163. The second-order valence-electron chi connectivity index (χ2n) is 2.16. The summed E-state index contributed by atoms with van der Waals surface area (Å²) in [6.45, 7) is -2.83. The molecule has 4 heteroatoms. The Morgan fingerprint density at radius 2 is 2.18 bits per heavy atom. The van der Waals surface area contributed by atoms with Crippen LogP contribution < -0.4 is 0 Å². The maximum absolute atomic E-state index is 11.7. The molecule has 0 radical (unpaired) electrons. The molecule has 0 bridgehead atoms. The molecule has 1 aliphatic carbocycles. The summed E-state index contributed by atoms with van der Waals surface area (Å²) in [6.07, 6.45) is 6.67. The SMILES string of the molecule is FC(F)OC1(Cl)C=CC=CC1. The number of allylic oxidation sites excluding steroid dienone is 2. The number of hydrogen-bond donors (Lipinski definition) is 0. The van der Waals surface area contributed by atoms with Crippen molar-refractivity contribution in [1.29, 1.82) is 0 Å². The average Bonchev–Trinajstić information content (AvgIpc) is 1.85. The third kappa shape index (κ3) is 2.60. The number of ether oxygens (including phenoxy) is 1. The summed E-state index contributed by atoms with van der Waals surface area (Å²) in [5.74, 6) is 0. The van der Waals surface area contributed by atoms with Crippen molar-refractivity contribution in [3.05, 3.63) is 24.3 Å². The molecule has 0 saturated carbocycles. The van der Waals surface area contributed by atoms with Gasteiger partial charge in [0, 0.05) is 6.42 Å². The van der Waals surface area contributed by atoms with Crippen LogP contribution in [-0.2, 0) is 4.74 Å². The molecule has 0 fully saturated rings. The van der Waals surface area contributed by atoms with Crippen LogP contribution in [0.2, 0.25) is 0 Å². The Morgan fingerprint density at radius 1 is 1.45 bits per heavy atom. The highest BCUT2D eigenvalue weighted by atomic mass is 35.5. The minimum atomic E-state index is -2.83. The van der Waals surface area contributed by atoms with Crippen LogP contribution in [0.1, 0.15) is 6.42 Å². The van der Waals surface area contributed by atoms with E-state index in [0.717, 1.165) is 0 Å². The van der Waals surface area contributed by atoms with E-state index >= 15 is 0 Å². The van der Waals surface area contributed by atoms with Gasteiger partial charge in [-0.05, 0) is 6.08 Å². The third-order valence-corrected chi connectivity index (χ3v) is 1.64. The Kier molecular flexibility index (Phi) is 2.62. The first-order valence-corrected chi connectivity index (χ1v) is 3.49. The zero-order valence-electron chi connectivity index (χ0n) is 5.64. The molecule has 0 N–H and O–H groups in total. The summed E-state index contributed by atoms with van der Waals surface area (Å²) in [5.41, 5.74) is 0. The summed E-state index contributed by atoms with van der Waals surface area (Å²) in [5, 5.41) is -1.34. The highest BCUT2D eigenvalue weighted by molar-refractivity contribution is 6.24. The minimum absolute atomic E-state index is 0.273. The van der Waals surface area contributed by atoms with Crippen LogP contribution in [-0.4, -0.2) is 11.7 Å². The second kappa shape index (κ2) is 3.32. The van der Waals surface area contributed by atoms with Gasteiger partial charge in [0.2, 0.25) is 0 Å². The first-order chi connectivity index (χ1) is 5.12. The zero-order valence-corrected chi connectivity index (χ0v) is 6.39. The standard InChI is InChI=1S/C7H7ClF2O/c8-7(11-6(9)10)4-2-1-3-5-7/h1-4,6H,5H2. The third-order valence-electron chi connectivity index (χ3n) is 1.27. The smallest absolute Gasteiger partial charge is 0.296 e. The minimum Gasteiger partial charge on any atom is -0.296 e. The Balaban J connectivity index is 2.54. The molecule has 1 unspecified atom stereocenters. The van der Waals surface area contributed by atoms with E-state index in [-0.39, 0.29) is 6.42 Å². The zero-order chi connectivity index (χ0) is 8.32. The van der Waals surface area contributed by atoms with Gasteiger partial charge < -0.3 is 0 Å². The normalized spacial score (nSPS) is 29.8. The fraction of sp³-hybridized carbons (Fsp3) is 0.429. The monoisotopic (exact) mass is 180 g/mol. The number of alkyl halides is 3. The molecule has 0 spiro atoms. The summed E-state index contributed by atoms with van der Waals surface area (Å²) < 4.78 is 27.6. The molecule has 1 rings (SSSR count). The van der Waals surface area contributed by atoms with E-state index < -0.39 is 11.7 Å². The van der Waals surface area contributed by atoms with Crippen LogP contribution >= 0.6 is 11.6 Å². The van der Waals surface area contributed by atoms with Crippen LogP contribution in [0.15, 0.2) is 24.3 Å². The van der Waals surface area contributed by atoms with Gasteiger partial charge in [-0.3, -0.25) is 4.74 Å². The largest absolute Gasteiger partial charge is 0.347 e. The van der Waals surface area contributed by atoms with Crippen molar-refractivity contribution in [2.24, 2.45) is 0 Å². The number of hydrogen-bond acceptors (Lipinski definition) is 1. The van der Waals surface area contributed by atoms with Gasteiger partial charge in [0.15, 0.2) is 5.06 Å². The first kappa shape index (κ1) is 8.68. The van der Waals surface area contributed by atoms with Crippen molar-refractivity contribution >= 4 is 11.6 Å². The van der Waals surface area contributed by atoms with Gasteiger partial charge in [-0.1, -0.05) is 29.8 Å². The van der Waals surface area contributed by atoms with Crippen molar-refractivity contribution < 1.29 is 13.5 Å². The van der Waals surface area contributed by atoms with Crippen molar-refractivity contribution in [3.63, 3.8) is 0 Å². The van der Waals surface area contributed by atoms with E-state index in [1.165, 1.54) is 6.08 Å². The van der Waals surface area contributed by atoms with Gasteiger partial charge in [0.25, 0.3) is 0 Å². The summed E-state index contributed by atoms with van der Waals surface area (Å²) in [4.78, 5) is 0. The molecule has 0 amide bonds. The van der Waals surface area contributed by atoms with Crippen molar-refractivity contribution in [3.8, 4) is 0 Å². The highest BCUT2D eigenvalue weighted by Gasteiger charge is 2.28. The van der Waals surface area contributed by atoms with E-state index in [4.69, 9.17) is 11.6 Å². The van der Waals surface area contributed by atoms with Crippen LogP contribution in [0.5, 0.6) is 0 Å². The molecule has 62 valence electrons. The molecule has 1 atom stereocenters. The molecule has 0 aromatic rings. The fourth-order valence-electron chi connectivity index (χ4n) is 0.810. The Hall–Kier alpha value is -0.410. The molecular weight excluding hydrogens is 174 g/mol. The van der Waals surface area contributed by atoms with Crippen molar-refractivity contribution in [2.75, 3.05) is 0 Å². The topological polar surface area (TPSA) is 9.23 Å². The fourth-order valence-corrected chi connectivity index (χ4v) is 1.04. The molecule has 11 heavy (non-hydrogen) atoms. The Bertz CT molecular complexity index is 191. The lowest BCUT2D eigenvalue weighted by Gasteiger charge is -2.23. The van der Waals surface area contributed by atoms with Crippen molar-refractivity contribution in [2.45, 2.75) is 18.1 Å². The van der Waals surface area contributed by atoms with E-state index in [1.807, 2.05) is 0 Å². The molecule has 1 aliphatic rings. The molecule has 0 heterocycles. The van der Waals surface area contributed by atoms with Crippen LogP contribution in [0.25, 0.3) is 0 Å². The van der Waals surface area contributed by atoms with Crippen LogP contribution in [0, 0.1) is 0 Å².